The molecule has 23 heavy (non-hydrogen) atoms. The number of nitrogens with one attached hydrogen (secondary N) is 1. The maximum absolute atomic E-state index is 12.0. The van der Waals surface area contributed by atoms with Crippen molar-refractivity contribution in [2.45, 2.75) is 0 Å². The predicted molar refractivity (Wildman–Crippen MR) is 83.6 cm³/mol. The van der Waals surface area contributed by atoms with Crippen molar-refractivity contribution in [3.63, 3.8) is 0 Å². The smallest absolute Gasteiger partial charge is 0.252 e. The second-order valence-electron chi connectivity index (χ2n) is 5.09. The van der Waals surface area contributed by atoms with Gasteiger partial charge in [-0.3, -0.25) is 14.4 Å². The molecule has 0 bridgehead atoms. The Labute approximate surface area is 133 Å². The van der Waals surface area contributed by atoms with Crippen LogP contribution < -0.4 is 21.7 Å². The van der Waals surface area contributed by atoms with E-state index in [1.165, 1.54) is 0 Å². The van der Waals surface area contributed by atoms with Gasteiger partial charge in [0.1, 0.15) is 5.82 Å². The number of rotatable bonds is 5. The number of primary amides is 1. The van der Waals surface area contributed by atoms with E-state index in [9.17, 15) is 14.4 Å². The minimum absolute atomic E-state index is 0.0633. The van der Waals surface area contributed by atoms with Crippen LogP contribution in [0.5, 0.6) is 0 Å². The summed E-state index contributed by atoms with van der Waals surface area (Å²) in [4.78, 5) is 42.3. The number of carbonyl (C=O) groups excluding carboxylic acids is 3. The molecule has 2 rings (SSSR count). The average molecular weight is 320 g/mol. The molecule has 1 aliphatic rings. The van der Waals surface area contributed by atoms with Gasteiger partial charge in [0.2, 0.25) is 11.8 Å². The first-order chi connectivity index (χ1) is 11.0. The second-order valence-corrected chi connectivity index (χ2v) is 5.09. The van der Waals surface area contributed by atoms with Gasteiger partial charge in [-0.05, 0) is 12.1 Å². The molecule has 3 amide bonds. The molecule has 9 nitrogen and oxygen atoms in total. The highest BCUT2D eigenvalue weighted by molar-refractivity contribution is 5.97. The Morgan fingerprint density at radius 1 is 1.22 bits per heavy atom. The molecule has 0 unspecified atom stereocenters. The summed E-state index contributed by atoms with van der Waals surface area (Å²) >= 11 is 0. The van der Waals surface area contributed by atoms with Crippen molar-refractivity contribution >= 4 is 23.5 Å². The van der Waals surface area contributed by atoms with Gasteiger partial charge in [-0.1, -0.05) is 0 Å². The third kappa shape index (κ3) is 4.16. The summed E-state index contributed by atoms with van der Waals surface area (Å²) in [6.45, 7) is 1.82. The van der Waals surface area contributed by atoms with Crippen LogP contribution in [0.1, 0.15) is 10.4 Å². The number of piperazine rings is 1. The largest absolute Gasteiger partial charge is 0.365 e. The summed E-state index contributed by atoms with van der Waals surface area (Å²) in [5, 5.41) is 2.45. The summed E-state index contributed by atoms with van der Waals surface area (Å²) in [7, 11) is 0. The highest BCUT2D eigenvalue weighted by Crippen LogP contribution is 2.18. The molecule has 1 aromatic rings. The highest BCUT2D eigenvalue weighted by Gasteiger charge is 2.24. The summed E-state index contributed by atoms with van der Waals surface area (Å²) in [6.07, 6.45) is 1.60. The molecular formula is C14H20N6O3. The van der Waals surface area contributed by atoms with E-state index in [1.54, 1.807) is 23.2 Å². The zero-order valence-corrected chi connectivity index (χ0v) is 12.7. The molecule has 0 spiro atoms. The van der Waals surface area contributed by atoms with Crippen LogP contribution in [-0.2, 0) is 9.59 Å². The average Bonchev–Trinajstić information content (AvgIpc) is 2.59. The first-order valence-electron chi connectivity index (χ1n) is 7.27. The van der Waals surface area contributed by atoms with Crippen LogP contribution >= 0.6 is 0 Å². The fraction of sp³-hybridized carbons (Fsp3) is 0.429. The number of anilines is 1. The lowest BCUT2D eigenvalue weighted by atomic mass is 10.2. The standard InChI is InChI=1S/C14H20N6O3/c15-8-11(21)18-9-12(22)19-4-6-20(7-5-19)14-10(13(16)23)2-1-3-17-14/h1-3H,4-9,15H2,(H2,16,23)(H,18,21). The summed E-state index contributed by atoms with van der Waals surface area (Å²) in [6, 6.07) is 3.29. The molecule has 0 saturated carbocycles. The van der Waals surface area contributed by atoms with E-state index in [0.29, 0.717) is 37.6 Å². The van der Waals surface area contributed by atoms with Crippen LogP contribution in [0.4, 0.5) is 5.82 Å². The molecule has 1 saturated heterocycles. The molecule has 1 aliphatic heterocycles. The van der Waals surface area contributed by atoms with Gasteiger partial charge in [-0.15, -0.1) is 0 Å². The van der Waals surface area contributed by atoms with Gasteiger partial charge in [-0.25, -0.2) is 4.98 Å². The van der Waals surface area contributed by atoms with Crippen LogP contribution in [0.15, 0.2) is 18.3 Å². The summed E-state index contributed by atoms with van der Waals surface area (Å²) in [5.74, 6) is -0.529. The number of carbonyl (C=O) groups is 3. The van der Waals surface area contributed by atoms with Gasteiger partial charge in [0.05, 0.1) is 18.7 Å². The van der Waals surface area contributed by atoms with Crippen molar-refractivity contribution in [2.75, 3.05) is 44.2 Å². The molecule has 0 radical (unpaired) electrons. The number of nitrogens with zero attached hydrogens (tertiary/aromatic N) is 3. The van der Waals surface area contributed by atoms with E-state index in [0.717, 1.165) is 0 Å². The Morgan fingerprint density at radius 2 is 1.91 bits per heavy atom. The topological polar surface area (TPSA) is 135 Å². The van der Waals surface area contributed by atoms with Crippen LogP contribution in [0.25, 0.3) is 0 Å². The molecule has 0 aliphatic carbocycles. The van der Waals surface area contributed by atoms with Crippen molar-refractivity contribution in [1.29, 1.82) is 0 Å². The van der Waals surface area contributed by atoms with Crippen LogP contribution in [0.2, 0.25) is 0 Å². The molecule has 9 heteroatoms. The Kier molecular flexibility index (Phi) is 5.47. The fourth-order valence-corrected chi connectivity index (χ4v) is 2.37. The molecule has 1 fully saturated rings. The van der Waals surface area contributed by atoms with Gasteiger partial charge in [-0.2, -0.15) is 0 Å². The molecule has 0 atom stereocenters. The van der Waals surface area contributed by atoms with Crippen molar-refractivity contribution in [1.82, 2.24) is 15.2 Å². The SMILES string of the molecule is NCC(=O)NCC(=O)N1CCN(c2ncccc2C(N)=O)CC1. The van der Waals surface area contributed by atoms with E-state index >= 15 is 0 Å². The zero-order valence-electron chi connectivity index (χ0n) is 12.7. The number of amides is 3. The molecule has 1 aromatic heterocycles. The minimum atomic E-state index is -0.531. The van der Waals surface area contributed by atoms with E-state index < -0.39 is 5.91 Å². The first-order valence-corrected chi connectivity index (χ1v) is 7.27. The first kappa shape index (κ1) is 16.7. The van der Waals surface area contributed by atoms with Gasteiger partial charge in [0, 0.05) is 32.4 Å². The van der Waals surface area contributed by atoms with E-state index in [1.807, 2.05) is 4.90 Å². The molecule has 5 N–H and O–H groups in total. The lowest BCUT2D eigenvalue weighted by Gasteiger charge is -2.36. The molecule has 0 aromatic carbocycles. The van der Waals surface area contributed by atoms with Crippen molar-refractivity contribution in [2.24, 2.45) is 11.5 Å². The minimum Gasteiger partial charge on any atom is -0.365 e. The maximum atomic E-state index is 12.0. The van der Waals surface area contributed by atoms with Crippen LogP contribution in [-0.4, -0.2) is 66.9 Å². The number of pyridine rings is 1. The monoisotopic (exact) mass is 320 g/mol. The number of hydrogen-bond acceptors (Lipinski definition) is 6. The van der Waals surface area contributed by atoms with E-state index in [-0.39, 0.29) is 24.9 Å². The van der Waals surface area contributed by atoms with Crippen LogP contribution in [0.3, 0.4) is 0 Å². The van der Waals surface area contributed by atoms with Crippen molar-refractivity contribution < 1.29 is 14.4 Å². The fourth-order valence-electron chi connectivity index (χ4n) is 2.37. The zero-order chi connectivity index (χ0) is 16.8. The Hall–Kier alpha value is -2.68. The number of nitrogens with two attached hydrogens (primary N) is 2. The summed E-state index contributed by atoms with van der Waals surface area (Å²) < 4.78 is 0. The van der Waals surface area contributed by atoms with Crippen molar-refractivity contribution in [3.05, 3.63) is 23.9 Å². The van der Waals surface area contributed by atoms with Crippen LogP contribution in [0, 0.1) is 0 Å². The normalized spacial score (nSPS) is 14.5. The lowest BCUT2D eigenvalue weighted by Crippen LogP contribution is -2.52. The molecule has 124 valence electrons. The quantitative estimate of drug-likeness (QED) is 0.569. The predicted octanol–water partition coefficient (Wildman–Crippen LogP) is -2.10. The lowest BCUT2D eigenvalue weighted by molar-refractivity contribution is -0.132. The third-order valence-corrected chi connectivity index (χ3v) is 3.61. The van der Waals surface area contributed by atoms with Gasteiger partial charge in [0.15, 0.2) is 0 Å². The highest BCUT2D eigenvalue weighted by atomic mass is 16.2. The van der Waals surface area contributed by atoms with Gasteiger partial charge >= 0.3 is 0 Å². The van der Waals surface area contributed by atoms with Crippen molar-refractivity contribution in [3.8, 4) is 0 Å². The maximum Gasteiger partial charge on any atom is 0.252 e. The second kappa shape index (κ2) is 7.54. The summed E-state index contributed by atoms with van der Waals surface area (Å²) in [5.41, 5.74) is 10.9. The molecular weight excluding hydrogens is 300 g/mol. The van der Waals surface area contributed by atoms with E-state index in [4.69, 9.17) is 11.5 Å². The number of aromatic nitrogens is 1. The number of hydrogen-bond donors (Lipinski definition) is 3. The Balaban J connectivity index is 1.93. The Bertz CT molecular complexity index is 598. The van der Waals surface area contributed by atoms with Gasteiger partial charge < -0.3 is 26.6 Å². The Morgan fingerprint density at radius 3 is 2.52 bits per heavy atom. The third-order valence-electron chi connectivity index (χ3n) is 3.61. The van der Waals surface area contributed by atoms with E-state index in [2.05, 4.69) is 10.3 Å². The molecule has 2 heterocycles. The van der Waals surface area contributed by atoms with Gasteiger partial charge in [0.25, 0.3) is 5.91 Å².